The standard InChI is InChI=1S/C33H35N5O3/c1-4-21(2)30(36(3)31(39)29-16-23-12-8-9-13-27(23)35-29)33(41)38-20-25-17-26(38)19-37(25)32(40)28-15-14-24(18-34-28)22-10-6-5-7-11-22/h5-16,18,21,25-26,30,35H,4,17,19-20H2,1-3H3/t21-,25-,26-,30-/m0/s1. The first-order valence-corrected chi connectivity index (χ1v) is 14.3. The molecule has 210 valence electrons. The van der Waals surface area contributed by atoms with Gasteiger partial charge in [-0.15, -0.1) is 0 Å². The number of rotatable bonds is 7. The lowest BCUT2D eigenvalue weighted by atomic mass is 9.95. The fourth-order valence-electron chi connectivity index (χ4n) is 6.34. The van der Waals surface area contributed by atoms with Crippen molar-refractivity contribution in [1.29, 1.82) is 0 Å². The van der Waals surface area contributed by atoms with Crippen LogP contribution in [0.4, 0.5) is 0 Å². The number of para-hydroxylation sites is 1. The molecule has 0 aliphatic carbocycles. The second-order valence-electron chi connectivity index (χ2n) is 11.3. The first-order chi connectivity index (χ1) is 19.9. The van der Waals surface area contributed by atoms with Crippen LogP contribution in [0.25, 0.3) is 22.0 Å². The molecular formula is C33H35N5O3. The Balaban J connectivity index is 1.15. The van der Waals surface area contributed by atoms with Gasteiger partial charge in [0.2, 0.25) is 5.91 Å². The first-order valence-electron chi connectivity index (χ1n) is 14.3. The van der Waals surface area contributed by atoms with Gasteiger partial charge >= 0.3 is 0 Å². The van der Waals surface area contributed by atoms with Crippen molar-refractivity contribution in [3.63, 3.8) is 0 Å². The lowest BCUT2D eigenvalue weighted by Gasteiger charge is -2.39. The van der Waals surface area contributed by atoms with Crippen molar-refractivity contribution >= 4 is 28.6 Å². The maximum atomic E-state index is 14.0. The third-order valence-corrected chi connectivity index (χ3v) is 8.81. The van der Waals surface area contributed by atoms with Crippen molar-refractivity contribution in [2.45, 2.75) is 44.8 Å². The fraction of sp³-hybridized carbons (Fsp3) is 0.333. The second kappa shape index (κ2) is 10.8. The number of nitrogens with one attached hydrogen (secondary N) is 1. The molecule has 41 heavy (non-hydrogen) atoms. The van der Waals surface area contributed by atoms with E-state index in [1.807, 2.05) is 90.4 Å². The van der Waals surface area contributed by atoms with Gasteiger partial charge in [0.05, 0.1) is 12.1 Å². The molecule has 2 fully saturated rings. The van der Waals surface area contributed by atoms with Gasteiger partial charge in [-0.25, -0.2) is 0 Å². The molecule has 8 heteroatoms. The minimum absolute atomic E-state index is 0.0231. The monoisotopic (exact) mass is 549 g/mol. The number of H-pyrrole nitrogens is 1. The topological polar surface area (TPSA) is 89.6 Å². The van der Waals surface area contributed by atoms with E-state index < -0.39 is 6.04 Å². The highest BCUT2D eigenvalue weighted by Gasteiger charge is 2.49. The number of likely N-dealkylation sites (N-methyl/N-ethyl adjacent to an activating group) is 1. The normalized spacial score (nSPS) is 19.4. The number of hydrogen-bond donors (Lipinski definition) is 1. The number of hydrogen-bond acceptors (Lipinski definition) is 4. The molecule has 2 bridgehead atoms. The number of aromatic amines is 1. The van der Waals surface area contributed by atoms with Gasteiger partial charge in [0.25, 0.3) is 11.8 Å². The Labute approximate surface area is 240 Å². The van der Waals surface area contributed by atoms with Crippen molar-refractivity contribution in [3.05, 3.63) is 90.4 Å². The molecular weight excluding hydrogens is 514 g/mol. The number of carbonyl (C=O) groups excluding carboxylic acids is 3. The van der Waals surface area contributed by atoms with Crippen LogP contribution in [0.3, 0.4) is 0 Å². The largest absolute Gasteiger partial charge is 0.351 e. The van der Waals surface area contributed by atoms with Crippen LogP contribution in [0.1, 0.15) is 47.7 Å². The number of pyridine rings is 1. The van der Waals surface area contributed by atoms with Gasteiger partial charge in [-0.2, -0.15) is 0 Å². The summed E-state index contributed by atoms with van der Waals surface area (Å²) in [6.45, 7) is 5.01. The summed E-state index contributed by atoms with van der Waals surface area (Å²) in [6.07, 6.45) is 3.24. The van der Waals surface area contributed by atoms with E-state index in [9.17, 15) is 14.4 Å². The number of carbonyl (C=O) groups is 3. The summed E-state index contributed by atoms with van der Waals surface area (Å²) in [5, 5.41) is 0.960. The Hall–Kier alpha value is -4.46. The van der Waals surface area contributed by atoms with E-state index in [4.69, 9.17) is 0 Å². The van der Waals surface area contributed by atoms with E-state index in [1.165, 1.54) is 0 Å². The molecule has 4 aromatic rings. The van der Waals surface area contributed by atoms with Crippen molar-refractivity contribution in [3.8, 4) is 11.1 Å². The number of aromatic nitrogens is 2. The molecule has 6 rings (SSSR count). The van der Waals surface area contributed by atoms with Gasteiger partial charge < -0.3 is 19.7 Å². The Morgan fingerprint density at radius 2 is 1.66 bits per heavy atom. The molecule has 0 saturated carbocycles. The number of piperazine rings is 1. The first kappa shape index (κ1) is 26.7. The van der Waals surface area contributed by atoms with E-state index in [-0.39, 0.29) is 35.7 Å². The Kier molecular flexibility index (Phi) is 7.07. The number of amides is 3. The third-order valence-electron chi connectivity index (χ3n) is 8.81. The van der Waals surface area contributed by atoms with Gasteiger partial charge in [-0.05, 0) is 36.1 Å². The highest BCUT2D eigenvalue weighted by molar-refractivity contribution is 6.00. The van der Waals surface area contributed by atoms with Crippen LogP contribution < -0.4 is 0 Å². The predicted octanol–water partition coefficient (Wildman–Crippen LogP) is 4.84. The molecule has 3 amide bonds. The molecule has 2 aromatic heterocycles. The van der Waals surface area contributed by atoms with E-state index in [0.29, 0.717) is 24.5 Å². The minimum Gasteiger partial charge on any atom is -0.351 e. The van der Waals surface area contributed by atoms with Crippen molar-refractivity contribution in [2.24, 2.45) is 5.92 Å². The summed E-state index contributed by atoms with van der Waals surface area (Å²) < 4.78 is 0. The lowest BCUT2D eigenvalue weighted by molar-refractivity contribution is -0.139. The van der Waals surface area contributed by atoms with Gasteiger partial charge in [-0.1, -0.05) is 74.9 Å². The summed E-state index contributed by atoms with van der Waals surface area (Å²) in [5.41, 5.74) is 3.79. The Morgan fingerprint density at radius 3 is 2.32 bits per heavy atom. The third kappa shape index (κ3) is 4.88. The molecule has 4 heterocycles. The zero-order chi connectivity index (χ0) is 28.7. The molecule has 1 N–H and O–H groups in total. The summed E-state index contributed by atoms with van der Waals surface area (Å²) in [6, 6.07) is 22.5. The quantitative estimate of drug-likeness (QED) is 0.357. The molecule has 2 aliphatic heterocycles. The molecule has 2 saturated heterocycles. The van der Waals surface area contributed by atoms with Crippen LogP contribution in [0.5, 0.6) is 0 Å². The number of benzene rings is 2. The van der Waals surface area contributed by atoms with Crippen LogP contribution in [0.15, 0.2) is 79.0 Å². The highest BCUT2D eigenvalue weighted by Crippen LogP contribution is 2.34. The summed E-state index contributed by atoms with van der Waals surface area (Å²) in [7, 11) is 1.72. The summed E-state index contributed by atoms with van der Waals surface area (Å²) in [4.78, 5) is 53.9. The SMILES string of the molecule is CC[C@H](C)[C@@H](C(=O)N1C[C@@H]2C[C@H]1CN2C(=O)c1ccc(-c2ccccc2)cn1)N(C)C(=O)c1cc2ccccc2[nH]1. The number of likely N-dealkylation sites (tertiary alicyclic amines) is 2. The Morgan fingerprint density at radius 1 is 0.951 bits per heavy atom. The Bertz CT molecular complexity index is 1550. The second-order valence-corrected chi connectivity index (χ2v) is 11.3. The minimum atomic E-state index is -0.588. The van der Waals surface area contributed by atoms with E-state index in [0.717, 1.165) is 34.9 Å². The van der Waals surface area contributed by atoms with Crippen LogP contribution in [0.2, 0.25) is 0 Å². The molecule has 4 atom stereocenters. The highest BCUT2D eigenvalue weighted by atomic mass is 16.2. The number of fused-ring (bicyclic) bond motifs is 3. The van der Waals surface area contributed by atoms with Crippen LogP contribution in [-0.4, -0.2) is 80.7 Å². The predicted molar refractivity (Wildman–Crippen MR) is 158 cm³/mol. The summed E-state index contributed by atoms with van der Waals surface area (Å²) >= 11 is 0. The van der Waals surface area contributed by atoms with Crippen LogP contribution >= 0.6 is 0 Å². The molecule has 0 radical (unpaired) electrons. The van der Waals surface area contributed by atoms with Gasteiger partial charge in [0.1, 0.15) is 17.4 Å². The zero-order valence-corrected chi connectivity index (χ0v) is 23.7. The van der Waals surface area contributed by atoms with Crippen molar-refractivity contribution in [2.75, 3.05) is 20.1 Å². The smallest absolute Gasteiger partial charge is 0.272 e. The lowest BCUT2D eigenvalue weighted by Crippen LogP contribution is -2.57. The van der Waals surface area contributed by atoms with Crippen LogP contribution in [-0.2, 0) is 4.79 Å². The average molecular weight is 550 g/mol. The van der Waals surface area contributed by atoms with Gasteiger partial charge in [0, 0.05) is 42.8 Å². The zero-order valence-electron chi connectivity index (χ0n) is 23.7. The van der Waals surface area contributed by atoms with Gasteiger partial charge in [0.15, 0.2) is 0 Å². The van der Waals surface area contributed by atoms with Crippen molar-refractivity contribution < 1.29 is 14.4 Å². The number of nitrogens with zero attached hydrogens (tertiary/aromatic N) is 4. The van der Waals surface area contributed by atoms with E-state index in [2.05, 4.69) is 9.97 Å². The molecule has 2 aliphatic rings. The molecule has 0 unspecified atom stereocenters. The van der Waals surface area contributed by atoms with Crippen molar-refractivity contribution in [1.82, 2.24) is 24.7 Å². The maximum absolute atomic E-state index is 14.0. The fourth-order valence-corrected chi connectivity index (χ4v) is 6.34. The molecule has 2 aromatic carbocycles. The summed E-state index contributed by atoms with van der Waals surface area (Å²) in [5.74, 6) is -0.374. The molecule has 8 nitrogen and oxygen atoms in total. The van der Waals surface area contributed by atoms with Crippen LogP contribution in [0, 0.1) is 5.92 Å². The maximum Gasteiger partial charge on any atom is 0.272 e. The van der Waals surface area contributed by atoms with E-state index in [1.54, 1.807) is 24.2 Å². The van der Waals surface area contributed by atoms with Gasteiger partial charge in [-0.3, -0.25) is 19.4 Å². The molecule has 0 spiro atoms. The average Bonchev–Trinajstić information content (AvgIpc) is 3.75. The van der Waals surface area contributed by atoms with E-state index >= 15 is 0 Å².